The highest BCUT2D eigenvalue weighted by Crippen LogP contribution is 2.33. The van der Waals surface area contributed by atoms with E-state index in [2.05, 4.69) is 61.9 Å². The number of aliphatic imine (C=N–C) groups is 6. The SMILES string of the molecule is CC1(C)C2=NC(=Nc3cccc(c3)C(C)(C)C3=NC(=Nc4cccc1c4)C=N3)C=N2. The summed E-state index contributed by atoms with van der Waals surface area (Å²) in [7, 11) is 0. The van der Waals surface area contributed by atoms with E-state index in [9.17, 15) is 0 Å². The molecular formula is C24H22N6. The molecule has 2 aromatic rings. The molecule has 0 N–H and O–H groups in total. The second-order valence-corrected chi connectivity index (χ2v) is 8.68. The maximum absolute atomic E-state index is 4.72. The lowest BCUT2D eigenvalue weighted by Gasteiger charge is -2.24. The molecule has 0 fully saturated rings. The van der Waals surface area contributed by atoms with Gasteiger partial charge < -0.3 is 0 Å². The van der Waals surface area contributed by atoms with E-state index in [-0.39, 0.29) is 10.8 Å². The van der Waals surface area contributed by atoms with Gasteiger partial charge in [-0.1, -0.05) is 24.3 Å². The molecule has 0 aromatic heterocycles. The molecule has 8 bridgehead atoms. The van der Waals surface area contributed by atoms with Crippen LogP contribution < -0.4 is 0 Å². The Hall–Kier alpha value is -3.54. The molecule has 0 saturated heterocycles. The van der Waals surface area contributed by atoms with E-state index >= 15 is 0 Å². The first-order valence-electron chi connectivity index (χ1n) is 9.97. The highest BCUT2D eigenvalue weighted by Gasteiger charge is 2.32. The molecule has 3 heterocycles. The molecule has 5 rings (SSSR count). The van der Waals surface area contributed by atoms with Crippen LogP contribution in [0, 0.1) is 0 Å². The zero-order valence-electron chi connectivity index (χ0n) is 17.5. The Morgan fingerprint density at radius 3 is 1.43 bits per heavy atom. The standard InChI is InChI=1S/C24H22N6/c1-23(2)15-7-5-9-17(11-15)27-20-14-26-22(30-20)24(3,4)16-8-6-10-18(12-16)28-19-13-25-21(23)29-19/h5-14H,1-4H3. The summed E-state index contributed by atoms with van der Waals surface area (Å²) in [6.07, 6.45) is 3.46. The highest BCUT2D eigenvalue weighted by atomic mass is 15.1. The van der Waals surface area contributed by atoms with Crippen molar-refractivity contribution >= 4 is 47.1 Å². The normalized spacial score (nSPS) is 20.4. The lowest BCUT2D eigenvalue weighted by Crippen LogP contribution is -2.27. The fourth-order valence-corrected chi connectivity index (χ4v) is 3.73. The van der Waals surface area contributed by atoms with Gasteiger partial charge in [0.15, 0.2) is 11.7 Å². The average molecular weight is 394 g/mol. The van der Waals surface area contributed by atoms with Crippen LogP contribution in [0.3, 0.4) is 0 Å². The maximum Gasteiger partial charge on any atom is 0.173 e. The third-order valence-corrected chi connectivity index (χ3v) is 5.79. The van der Waals surface area contributed by atoms with Gasteiger partial charge in [-0.3, -0.25) is 0 Å². The number of amidine groups is 4. The topological polar surface area (TPSA) is 74.2 Å². The zero-order chi connectivity index (χ0) is 20.9. The summed E-state index contributed by atoms with van der Waals surface area (Å²) in [6.45, 7) is 8.44. The predicted molar refractivity (Wildman–Crippen MR) is 125 cm³/mol. The van der Waals surface area contributed by atoms with Crippen molar-refractivity contribution in [3.05, 3.63) is 59.7 Å². The minimum atomic E-state index is -0.386. The Bertz CT molecular complexity index is 1140. The van der Waals surface area contributed by atoms with E-state index in [4.69, 9.17) is 20.0 Å². The Kier molecular flexibility index (Phi) is 4.00. The van der Waals surface area contributed by atoms with Crippen molar-refractivity contribution in [3.8, 4) is 0 Å². The molecular weight excluding hydrogens is 372 g/mol. The fourth-order valence-electron chi connectivity index (χ4n) is 3.73. The summed E-state index contributed by atoms with van der Waals surface area (Å²) in [6, 6.07) is 16.2. The first-order valence-corrected chi connectivity index (χ1v) is 9.97. The van der Waals surface area contributed by atoms with E-state index in [0.717, 1.165) is 34.2 Å². The van der Waals surface area contributed by atoms with Gasteiger partial charge in [0.05, 0.1) is 23.8 Å². The summed E-state index contributed by atoms with van der Waals surface area (Å²) in [5, 5.41) is 0. The van der Waals surface area contributed by atoms with Crippen LogP contribution in [0.15, 0.2) is 78.5 Å². The molecule has 2 aromatic carbocycles. The molecule has 0 radical (unpaired) electrons. The first kappa shape index (κ1) is 18.5. The molecule has 148 valence electrons. The number of fused-ring (bicyclic) bond motifs is 6. The molecule has 30 heavy (non-hydrogen) atoms. The van der Waals surface area contributed by atoms with Gasteiger partial charge in [0.25, 0.3) is 0 Å². The Morgan fingerprint density at radius 2 is 1.00 bits per heavy atom. The van der Waals surface area contributed by atoms with Gasteiger partial charge in [0.1, 0.15) is 11.7 Å². The number of hydrogen-bond donors (Lipinski definition) is 0. The van der Waals surface area contributed by atoms with E-state index in [1.165, 1.54) is 0 Å². The van der Waals surface area contributed by atoms with Crippen LogP contribution in [0.1, 0.15) is 38.8 Å². The largest absolute Gasteiger partial charge is 0.236 e. The molecule has 6 nitrogen and oxygen atoms in total. The van der Waals surface area contributed by atoms with Crippen LogP contribution in [0.2, 0.25) is 0 Å². The zero-order valence-corrected chi connectivity index (χ0v) is 17.5. The Balaban J connectivity index is 1.74. The molecule has 6 heteroatoms. The minimum absolute atomic E-state index is 0.386. The van der Waals surface area contributed by atoms with Crippen LogP contribution in [-0.4, -0.2) is 35.8 Å². The molecule has 0 amide bonds. The van der Waals surface area contributed by atoms with Gasteiger partial charge in [-0.05, 0) is 63.1 Å². The number of nitrogens with zero attached hydrogens (tertiary/aromatic N) is 6. The summed E-state index contributed by atoms with van der Waals surface area (Å²) in [5.74, 6) is 2.68. The molecule has 0 atom stereocenters. The monoisotopic (exact) mass is 394 g/mol. The molecule has 0 aliphatic carbocycles. The van der Waals surface area contributed by atoms with Gasteiger partial charge in [-0.2, -0.15) is 0 Å². The number of benzene rings is 2. The van der Waals surface area contributed by atoms with Crippen molar-refractivity contribution in [3.63, 3.8) is 0 Å². The van der Waals surface area contributed by atoms with E-state index in [1.54, 1.807) is 12.4 Å². The maximum atomic E-state index is 4.72. The number of rotatable bonds is 0. The van der Waals surface area contributed by atoms with Crippen molar-refractivity contribution < 1.29 is 0 Å². The van der Waals surface area contributed by atoms with Crippen LogP contribution in [-0.2, 0) is 10.8 Å². The smallest absolute Gasteiger partial charge is 0.173 e. The lowest BCUT2D eigenvalue weighted by atomic mass is 9.83. The van der Waals surface area contributed by atoms with E-state index < -0.39 is 0 Å². The summed E-state index contributed by atoms with van der Waals surface area (Å²) >= 11 is 0. The van der Waals surface area contributed by atoms with Crippen LogP contribution in [0.5, 0.6) is 0 Å². The van der Waals surface area contributed by atoms with Crippen LogP contribution in [0.25, 0.3) is 0 Å². The van der Waals surface area contributed by atoms with Gasteiger partial charge in [-0.15, -0.1) is 0 Å². The van der Waals surface area contributed by atoms with Crippen molar-refractivity contribution in [2.24, 2.45) is 30.0 Å². The van der Waals surface area contributed by atoms with Crippen molar-refractivity contribution in [2.45, 2.75) is 38.5 Å². The van der Waals surface area contributed by atoms with Crippen molar-refractivity contribution in [2.75, 3.05) is 0 Å². The highest BCUT2D eigenvalue weighted by molar-refractivity contribution is 6.39. The summed E-state index contributed by atoms with van der Waals surface area (Å²) < 4.78 is 0. The van der Waals surface area contributed by atoms with Crippen LogP contribution in [0.4, 0.5) is 11.4 Å². The Morgan fingerprint density at radius 1 is 0.567 bits per heavy atom. The lowest BCUT2D eigenvalue weighted by molar-refractivity contribution is 0.712. The van der Waals surface area contributed by atoms with Gasteiger partial charge in [-0.25, -0.2) is 30.0 Å². The minimum Gasteiger partial charge on any atom is -0.236 e. The van der Waals surface area contributed by atoms with E-state index in [1.807, 2.05) is 24.3 Å². The second kappa shape index (κ2) is 6.49. The van der Waals surface area contributed by atoms with Crippen molar-refractivity contribution in [1.29, 1.82) is 0 Å². The molecule has 3 aliphatic heterocycles. The molecule has 0 spiro atoms. The van der Waals surface area contributed by atoms with Gasteiger partial charge in [0.2, 0.25) is 0 Å². The van der Waals surface area contributed by atoms with Crippen LogP contribution >= 0.6 is 0 Å². The Labute approximate surface area is 175 Å². The molecule has 0 unspecified atom stereocenters. The molecule has 0 saturated carbocycles. The predicted octanol–water partition coefficient (Wildman–Crippen LogP) is 4.98. The molecule has 3 aliphatic rings. The second-order valence-electron chi connectivity index (χ2n) is 8.68. The number of hydrogen-bond acceptors (Lipinski definition) is 6. The summed E-state index contributed by atoms with van der Waals surface area (Å²) in [5.41, 5.74) is 3.04. The van der Waals surface area contributed by atoms with E-state index in [0.29, 0.717) is 11.7 Å². The van der Waals surface area contributed by atoms with Crippen molar-refractivity contribution in [1.82, 2.24) is 0 Å². The third-order valence-electron chi connectivity index (χ3n) is 5.79. The third kappa shape index (κ3) is 3.05. The van der Waals surface area contributed by atoms with Gasteiger partial charge >= 0.3 is 0 Å². The fraction of sp³-hybridized carbons (Fsp3) is 0.250. The average Bonchev–Trinajstić information content (AvgIpc) is 3.38. The quantitative estimate of drug-likeness (QED) is 0.604. The van der Waals surface area contributed by atoms with Gasteiger partial charge in [0, 0.05) is 10.8 Å². The first-order chi connectivity index (χ1) is 14.3. The summed E-state index contributed by atoms with van der Waals surface area (Å²) in [4.78, 5) is 28.0.